The Labute approximate surface area is 134 Å². The summed E-state index contributed by atoms with van der Waals surface area (Å²) in [7, 11) is 1.57. The lowest BCUT2D eigenvalue weighted by atomic mass is 10.1. The highest BCUT2D eigenvalue weighted by Crippen LogP contribution is 2.12. The zero-order valence-electron chi connectivity index (χ0n) is 13.1. The number of ether oxygens (including phenoxy) is 1. The van der Waals surface area contributed by atoms with Crippen molar-refractivity contribution < 1.29 is 19.4 Å². The summed E-state index contributed by atoms with van der Waals surface area (Å²) in [4.78, 5) is 22.7. The fraction of sp³-hybridized carbons (Fsp3) is 0.467. The van der Waals surface area contributed by atoms with Gasteiger partial charge in [-0.25, -0.2) is 9.59 Å². The highest BCUT2D eigenvalue weighted by Gasteiger charge is 2.18. The molecule has 0 aliphatic heterocycles. The summed E-state index contributed by atoms with van der Waals surface area (Å²) in [6.45, 7) is 0.712. The molecule has 0 heterocycles. The zero-order chi connectivity index (χ0) is 17.1. The van der Waals surface area contributed by atoms with Gasteiger partial charge in [0, 0.05) is 0 Å². The quantitative estimate of drug-likeness (QED) is 0.473. The molecule has 2 amide bonds. The molecule has 4 N–H and O–H groups in total. The maximum absolute atomic E-state index is 11.6. The molecule has 1 rings (SSSR count). The van der Waals surface area contributed by atoms with Crippen molar-refractivity contribution in [2.24, 2.45) is 16.0 Å². The number of aliphatic carboxylic acids is 1. The number of carbonyl (C=O) groups excluding carboxylic acids is 1. The lowest BCUT2D eigenvalue weighted by Crippen LogP contribution is -2.39. The Morgan fingerprint density at radius 2 is 2.00 bits per heavy atom. The van der Waals surface area contributed by atoms with Crippen molar-refractivity contribution >= 4 is 12.0 Å². The van der Waals surface area contributed by atoms with E-state index in [1.165, 1.54) is 0 Å². The summed E-state index contributed by atoms with van der Waals surface area (Å²) in [5, 5.41) is 18.6. The van der Waals surface area contributed by atoms with Crippen molar-refractivity contribution in [1.29, 1.82) is 0 Å². The van der Waals surface area contributed by atoms with Crippen molar-refractivity contribution in [2.75, 3.05) is 13.7 Å². The van der Waals surface area contributed by atoms with Crippen molar-refractivity contribution in [3.05, 3.63) is 29.8 Å². The third kappa shape index (κ3) is 7.37. The molecule has 0 aliphatic rings. The molecule has 0 aromatic heterocycles. The van der Waals surface area contributed by atoms with Crippen LogP contribution < -0.4 is 15.8 Å². The minimum absolute atomic E-state index is 0.225. The van der Waals surface area contributed by atoms with Crippen molar-refractivity contribution in [3.63, 3.8) is 0 Å². The summed E-state index contributed by atoms with van der Waals surface area (Å²) >= 11 is 0. The molecule has 8 nitrogen and oxygen atoms in total. The van der Waals surface area contributed by atoms with E-state index >= 15 is 0 Å². The summed E-state index contributed by atoms with van der Waals surface area (Å²) in [5.74, 6) is -0.370. The van der Waals surface area contributed by atoms with E-state index in [2.05, 4.69) is 15.5 Å². The normalized spacial score (nSPS) is 12.1. The Kier molecular flexibility index (Phi) is 8.30. The van der Waals surface area contributed by atoms with E-state index in [0.717, 1.165) is 11.3 Å². The first-order chi connectivity index (χ1) is 11.1. The molecule has 23 heavy (non-hydrogen) atoms. The number of unbranched alkanes of at least 4 members (excludes halogenated alkanes) is 1. The number of rotatable bonds is 9. The number of hydrogen-bond acceptors (Lipinski definition) is 5. The highest BCUT2D eigenvalue weighted by atomic mass is 16.5. The fourth-order valence-corrected chi connectivity index (χ4v) is 1.84. The van der Waals surface area contributed by atoms with Gasteiger partial charge < -0.3 is 20.9 Å². The number of carboxylic acids is 1. The van der Waals surface area contributed by atoms with Crippen LogP contribution in [0, 0.1) is 0 Å². The molecule has 1 aromatic rings. The molecule has 1 unspecified atom stereocenters. The Morgan fingerprint density at radius 3 is 2.57 bits per heavy atom. The number of methoxy groups -OCH3 is 1. The second-order valence-corrected chi connectivity index (χ2v) is 4.87. The van der Waals surface area contributed by atoms with Crippen molar-refractivity contribution in [3.8, 4) is 5.75 Å². The molecule has 8 heteroatoms. The second kappa shape index (κ2) is 10.3. The van der Waals surface area contributed by atoms with Gasteiger partial charge in [0.2, 0.25) is 0 Å². The van der Waals surface area contributed by atoms with E-state index in [4.69, 9.17) is 15.6 Å². The molecule has 0 radical (unpaired) electrons. The first-order valence-corrected chi connectivity index (χ1v) is 7.30. The van der Waals surface area contributed by atoms with Crippen LogP contribution in [0.4, 0.5) is 4.79 Å². The summed E-state index contributed by atoms with van der Waals surface area (Å²) < 4.78 is 5.04. The molecule has 0 aliphatic carbocycles. The number of nitrogens with two attached hydrogens (primary N) is 1. The molecule has 1 aromatic carbocycles. The lowest BCUT2D eigenvalue weighted by Gasteiger charge is -2.11. The van der Waals surface area contributed by atoms with Crippen LogP contribution in [0.5, 0.6) is 5.75 Å². The topological polar surface area (TPSA) is 126 Å². The van der Waals surface area contributed by atoms with Crippen LogP contribution in [0.3, 0.4) is 0 Å². The van der Waals surface area contributed by atoms with Gasteiger partial charge in [-0.3, -0.25) is 0 Å². The van der Waals surface area contributed by atoms with Crippen molar-refractivity contribution in [1.82, 2.24) is 5.32 Å². The molecule has 0 fully saturated rings. The van der Waals surface area contributed by atoms with Gasteiger partial charge in [-0.2, -0.15) is 5.11 Å². The summed E-state index contributed by atoms with van der Waals surface area (Å²) in [6.07, 6.45) is 1.64. The van der Waals surface area contributed by atoms with Crippen LogP contribution in [0.25, 0.3) is 0 Å². The van der Waals surface area contributed by atoms with E-state index in [9.17, 15) is 9.59 Å². The maximum Gasteiger partial charge on any atom is 0.359 e. The first-order valence-electron chi connectivity index (χ1n) is 7.30. The second-order valence-electron chi connectivity index (χ2n) is 4.87. The van der Waals surface area contributed by atoms with Crippen molar-refractivity contribution in [2.45, 2.75) is 31.8 Å². The molecular weight excluding hydrogens is 300 g/mol. The molecule has 126 valence electrons. The third-order valence-electron chi connectivity index (χ3n) is 3.12. The van der Waals surface area contributed by atoms with Crippen LogP contribution in [0.2, 0.25) is 0 Å². The van der Waals surface area contributed by atoms with Crippen LogP contribution in [0.1, 0.15) is 24.8 Å². The van der Waals surface area contributed by atoms with E-state index in [-0.39, 0.29) is 6.54 Å². The Hall–Kier alpha value is -2.48. The van der Waals surface area contributed by atoms with E-state index in [1.807, 2.05) is 12.1 Å². The Bertz CT molecular complexity index is 531. The molecule has 0 bridgehead atoms. The minimum atomic E-state index is -1.10. The van der Waals surface area contributed by atoms with Crippen LogP contribution in [-0.2, 0) is 11.3 Å². The van der Waals surface area contributed by atoms with Gasteiger partial charge in [0.05, 0.1) is 13.7 Å². The molecule has 1 atom stereocenters. The molecule has 0 spiro atoms. The first kappa shape index (κ1) is 18.6. The average molecular weight is 322 g/mol. The number of amides is 2. The SMILES string of the molecule is COc1ccc(CN=NC(=O)NC(CCCCN)C(=O)O)cc1. The predicted molar refractivity (Wildman–Crippen MR) is 84.4 cm³/mol. The van der Waals surface area contributed by atoms with E-state index in [1.54, 1.807) is 19.2 Å². The number of carboxylic acid groups (broad SMARTS) is 1. The number of urea groups is 1. The molecular formula is C15H22N4O4. The summed E-state index contributed by atoms with van der Waals surface area (Å²) in [5.41, 5.74) is 6.22. The van der Waals surface area contributed by atoms with E-state index in [0.29, 0.717) is 25.8 Å². The monoisotopic (exact) mass is 322 g/mol. The summed E-state index contributed by atoms with van der Waals surface area (Å²) in [6, 6.07) is 5.43. The number of azo groups is 1. The number of nitrogens with zero attached hydrogens (tertiary/aromatic N) is 2. The predicted octanol–water partition coefficient (Wildman–Crippen LogP) is 1.94. The fourth-order valence-electron chi connectivity index (χ4n) is 1.84. The van der Waals surface area contributed by atoms with Gasteiger partial charge in [0.25, 0.3) is 0 Å². The molecule has 0 saturated carbocycles. The van der Waals surface area contributed by atoms with Gasteiger partial charge in [0.1, 0.15) is 11.8 Å². The zero-order valence-corrected chi connectivity index (χ0v) is 13.1. The minimum Gasteiger partial charge on any atom is -0.497 e. The largest absolute Gasteiger partial charge is 0.497 e. The van der Waals surface area contributed by atoms with Gasteiger partial charge >= 0.3 is 12.0 Å². The Morgan fingerprint density at radius 1 is 1.30 bits per heavy atom. The highest BCUT2D eigenvalue weighted by molar-refractivity contribution is 5.82. The smallest absolute Gasteiger partial charge is 0.359 e. The number of hydrogen-bond donors (Lipinski definition) is 3. The van der Waals surface area contributed by atoms with Gasteiger partial charge in [-0.15, -0.1) is 0 Å². The standard InChI is InChI=1S/C15H22N4O4/c1-23-12-7-5-11(6-8-12)10-17-19-15(22)18-13(14(20)21)4-2-3-9-16/h5-8,13H,2-4,9-10,16H2,1H3,(H,18,22)(H,20,21). The van der Waals surface area contributed by atoms with Gasteiger partial charge in [-0.05, 0) is 43.5 Å². The van der Waals surface area contributed by atoms with Crippen LogP contribution in [-0.4, -0.2) is 36.8 Å². The Balaban J connectivity index is 2.44. The number of benzene rings is 1. The van der Waals surface area contributed by atoms with Gasteiger partial charge in [0.15, 0.2) is 0 Å². The van der Waals surface area contributed by atoms with E-state index < -0.39 is 18.0 Å². The maximum atomic E-state index is 11.6. The van der Waals surface area contributed by atoms with Crippen LogP contribution in [0.15, 0.2) is 34.5 Å². The van der Waals surface area contributed by atoms with Crippen LogP contribution >= 0.6 is 0 Å². The molecule has 0 saturated heterocycles. The third-order valence-corrected chi connectivity index (χ3v) is 3.12. The number of carbonyl (C=O) groups is 2. The number of nitrogens with one attached hydrogen (secondary N) is 1. The van der Waals surface area contributed by atoms with Gasteiger partial charge in [-0.1, -0.05) is 17.2 Å². The average Bonchev–Trinajstić information content (AvgIpc) is 2.54. The lowest BCUT2D eigenvalue weighted by molar-refractivity contribution is -0.139.